The Bertz CT molecular complexity index is 962. The molecule has 0 amide bonds. The van der Waals surface area contributed by atoms with Crippen LogP contribution in [0.4, 0.5) is 5.69 Å². The number of nitro benzene ring substituents is 1. The van der Waals surface area contributed by atoms with Crippen molar-refractivity contribution in [3.8, 4) is 11.1 Å². The first kappa shape index (κ1) is 17.8. The number of benzene rings is 3. The highest BCUT2D eigenvalue weighted by molar-refractivity contribution is 9.12. The molecule has 0 atom stereocenters. The fourth-order valence-electron chi connectivity index (χ4n) is 2.49. The van der Waals surface area contributed by atoms with Crippen molar-refractivity contribution in [3.05, 3.63) is 105 Å². The lowest BCUT2D eigenvalue weighted by molar-refractivity contribution is -0.384. The van der Waals surface area contributed by atoms with Gasteiger partial charge in [0.25, 0.3) is 5.69 Å². The third-order valence-electron chi connectivity index (χ3n) is 3.87. The minimum absolute atomic E-state index is 0.0434. The van der Waals surface area contributed by atoms with Crippen molar-refractivity contribution in [1.82, 2.24) is 0 Å². The number of nitro groups is 1. The number of nitrogens with zero attached hydrogens (tertiary/aromatic N) is 1. The molecule has 4 nitrogen and oxygen atoms in total. The van der Waals surface area contributed by atoms with E-state index in [0.29, 0.717) is 10.0 Å². The molecule has 3 aromatic rings. The Morgan fingerprint density at radius 2 is 1.42 bits per heavy atom. The van der Waals surface area contributed by atoms with Gasteiger partial charge in [0.05, 0.1) is 9.41 Å². The van der Waals surface area contributed by atoms with E-state index < -0.39 is 4.92 Å². The molecule has 0 fully saturated rings. The molecule has 0 aliphatic rings. The van der Waals surface area contributed by atoms with E-state index in [1.807, 2.05) is 54.6 Å². The van der Waals surface area contributed by atoms with Gasteiger partial charge in [0.1, 0.15) is 0 Å². The number of carbonyl (C=O) groups is 1. The fraction of sp³-hybridized carbons (Fsp3) is 0. The Hall–Kier alpha value is -3.05. The van der Waals surface area contributed by atoms with Crippen LogP contribution in [-0.2, 0) is 0 Å². The van der Waals surface area contributed by atoms with Crippen LogP contribution in [-0.4, -0.2) is 10.7 Å². The summed E-state index contributed by atoms with van der Waals surface area (Å²) in [5.41, 5.74) is 3.45. The van der Waals surface area contributed by atoms with Crippen LogP contribution in [0.5, 0.6) is 0 Å². The summed E-state index contributed by atoms with van der Waals surface area (Å²) in [4.78, 5) is 22.6. The highest BCUT2D eigenvalue weighted by Crippen LogP contribution is 2.23. The van der Waals surface area contributed by atoms with Crippen molar-refractivity contribution in [2.24, 2.45) is 0 Å². The van der Waals surface area contributed by atoms with E-state index >= 15 is 0 Å². The van der Waals surface area contributed by atoms with Crippen molar-refractivity contribution < 1.29 is 9.72 Å². The van der Waals surface area contributed by atoms with Gasteiger partial charge in [-0.1, -0.05) is 54.6 Å². The standard InChI is InChI=1S/C21H14BrNO3/c22-20(21(24)18-10-12-19(13-11-18)23(25)26)14-15-6-8-17(9-7-15)16-4-2-1-3-5-16/h1-14H. The average molecular weight is 408 g/mol. The van der Waals surface area contributed by atoms with Gasteiger partial charge in [0.15, 0.2) is 5.78 Å². The molecule has 0 radical (unpaired) electrons. The molecule has 0 saturated heterocycles. The number of hydrogen-bond donors (Lipinski definition) is 0. The van der Waals surface area contributed by atoms with E-state index in [2.05, 4.69) is 15.9 Å². The summed E-state index contributed by atoms with van der Waals surface area (Å²) in [6.45, 7) is 0. The zero-order chi connectivity index (χ0) is 18.5. The number of ketones is 1. The fourth-order valence-corrected chi connectivity index (χ4v) is 2.98. The Morgan fingerprint density at radius 3 is 2.00 bits per heavy atom. The monoisotopic (exact) mass is 407 g/mol. The summed E-state index contributed by atoms with van der Waals surface area (Å²) in [5.74, 6) is -0.230. The van der Waals surface area contributed by atoms with E-state index in [-0.39, 0.29) is 11.5 Å². The number of Topliss-reactive ketones (excluding diaryl/α,β-unsaturated/α-hetero) is 1. The Morgan fingerprint density at radius 1 is 0.846 bits per heavy atom. The molecule has 0 aliphatic heterocycles. The van der Waals surface area contributed by atoms with Gasteiger partial charge in [0.2, 0.25) is 0 Å². The van der Waals surface area contributed by atoms with Gasteiger partial charge >= 0.3 is 0 Å². The molecule has 3 aromatic carbocycles. The normalized spacial score (nSPS) is 11.2. The van der Waals surface area contributed by atoms with Crippen LogP contribution in [0.2, 0.25) is 0 Å². The third-order valence-corrected chi connectivity index (χ3v) is 4.46. The molecule has 0 N–H and O–H groups in total. The lowest BCUT2D eigenvalue weighted by atomic mass is 10.0. The molecule has 128 valence electrons. The van der Waals surface area contributed by atoms with Crippen LogP contribution < -0.4 is 0 Å². The zero-order valence-corrected chi connectivity index (χ0v) is 15.2. The summed E-state index contributed by atoms with van der Waals surface area (Å²) >= 11 is 3.31. The number of non-ortho nitro benzene ring substituents is 1. The maximum absolute atomic E-state index is 12.4. The molecule has 0 bridgehead atoms. The minimum Gasteiger partial charge on any atom is -0.288 e. The van der Waals surface area contributed by atoms with Gasteiger partial charge in [-0.3, -0.25) is 14.9 Å². The number of allylic oxidation sites excluding steroid dienone is 1. The average Bonchev–Trinajstić information content (AvgIpc) is 2.68. The molecule has 0 aromatic heterocycles. The second-order valence-corrected chi connectivity index (χ2v) is 6.47. The van der Waals surface area contributed by atoms with Gasteiger partial charge < -0.3 is 0 Å². The van der Waals surface area contributed by atoms with Crippen LogP contribution in [0.1, 0.15) is 15.9 Å². The molecule has 5 heteroatoms. The SMILES string of the molecule is O=C(C(Br)=Cc1ccc(-c2ccccc2)cc1)c1ccc([N+](=O)[O-])cc1. The van der Waals surface area contributed by atoms with Gasteiger partial charge in [-0.25, -0.2) is 0 Å². The molecule has 0 saturated carbocycles. The Kier molecular flexibility index (Phi) is 5.39. The largest absolute Gasteiger partial charge is 0.288 e. The van der Waals surface area contributed by atoms with Crippen LogP contribution in [0.25, 0.3) is 17.2 Å². The topological polar surface area (TPSA) is 60.2 Å². The lowest BCUT2D eigenvalue weighted by Gasteiger charge is -2.03. The first-order valence-corrected chi connectivity index (χ1v) is 8.66. The third kappa shape index (κ3) is 4.13. The minimum atomic E-state index is -0.493. The molecule has 0 aliphatic carbocycles. The van der Waals surface area contributed by atoms with Crippen molar-refractivity contribution in [2.75, 3.05) is 0 Å². The highest BCUT2D eigenvalue weighted by Gasteiger charge is 2.12. The first-order chi connectivity index (χ1) is 12.5. The van der Waals surface area contributed by atoms with Gasteiger partial charge in [-0.15, -0.1) is 0 Å². The van der Waals surface area contributed by atoms with Crippen molar-refractivity contribution in [2.45, 2.75) is 0 Å². The Labute approximate surface area is 159 Å². The molecule has 26 heavy (non-hydrogen) atoms. The van der Waals surface area contributed by atoms with E-state index in [1.54, 1.807) is 6.08 Å². The number of carbonyl (C=O) groups excluding carboxylic acids is 1. The lowest BCUT2D eigenvalue weighted by Crippen LogP contribution is -1.99. The molecule has 3 rings (SSSR count). The van der Waals surface area contributed by atoms with Crippen molar-refractivity contribution >= 4 is 33.5 Å². The van der Waals surface area contributed by atoms with Crippen LogP contribution in [0, 0.1) is 10.1 Å². The smallest absolute Gasteiger partial charge is 0.269 e. The van der Waals surface area contributed by atoms with E-state index in [1.165, 1.54) is 24.3 Å². The number of halogens is 1. The predicted molar refractivity (Wildman–Crippen MR) is 106 cm³/mol. The van der Waals surface area contributed by atoms with Crippen molar-refractivity contribution in [1.29, 1.82) is 0 Å². The van der Waals surface area contributed by atoms with Crippen LogP contribution >= 0.6 is 15.9 Å². The van der Waals surface area contributed by atoms with Gasteiger partial charge in [-0.2, -0.15) is 0 Å². The molecule has 0 heterocycles. The maximum Gasteiger partial charge on any atom is 0.269 e. The first-order valence-electron chi connectivity index (χ1n) is 7.86. The van der Waals surface area contributed by atoms with Gasteiger partial charge in [0, 0.05) is 17.7 Å². The number of hydrogen-bond acceptors (Lipinski definition) is 3. The second-order valence-electron chi connectivity index (χ2n) is 5.61. The van der Waals surface area contributed by atoms with E-state index in [9.17, 15) is 14.9 Å². The summed E-state index contributed by atoms with van der Waals surface area (Å²) in [5, 5.41) is 10.7. The highest BCUT2D eigenvalue weighted by atomic mass is 79.9. The quantitative estimate of drug-likeness (QED) is 0.229. The second kappa shape index (κ2) is 7.89. The zero-order valence-electron chi connectivity index (χ0n) is 13.6. The summed E-state index contributed by atoms with van der Waals surface area (Å²) < 4.78 is 0.388. The molecular weight excluding hydrogens is 394 g/mol. The summed E-state index contributed by atoms with van der Waals surface area (Å²) in [7, 11) is 0. The maximum atomic E-state index is 12.4. The van der Waals surface area contributed by atoms with E-state index in [0.717, 1.165) is 16.7 Å². The van der Waals surface area contributed by atoms with E-state index in [4.69, 9.17) is 0 Å². The summed E-state index contributed by atoms with van der Waals surface area (Å²) in [6, 6.07) is 23.5. The number of rotatable bonds is 5. The van der Waals surface area contributed by atoms with Crippen LogP contribution in [0.3, 0.4) is 0 Å². The summed E-state index contributed by atoms with van der Waals surface area (Å²) in [6.07, 6.45) is 1.73. The molecule has 0 unspecified atom stereocenters. The molecule has 0 spiro atoms. The van der Waals surface area contributed by atoms with Crippen molar-refractivity contribution in [3.63, 3.8) is 0 Å². The van der Waals surface area contributed by atoms with Gasteiger partial charge in [-0.05, 0) is 50.8 Å². The van der Waals surface area contributed by atoms with Crippen LogP contribution in [0.15, 0.2) is 83.3 Å². The Balaban J connectivity index is 1.78. The predicted octanol–water partition coefficient (Wildman–Crippen LogP) is 5.88. The molecular formula is C21H14BrNO3.